The minimum Gasteiger partial charge on any atom is -0.341 e. The van der Waals surface area contributed by atoms with Crippen LogP contribution in [0.1, 0.15) is 19.5 Å². The molecule has 1 heterocycles. The first kappa shape index (κ1) is 14.2. The first-order valence-corrected chi connectivity index (χ1v) is 5.97. The monoisotopic (exact) mass is 249 g/mol. The molecular weight excluding hydrogens is 230 g/mol. The molecule has 1 amide bonds. The predicted octanol–water partition coefficient (Wildman–Crippen LogP) is 0.268. The number of imidazole rings is 1. The van der Waals surface area contributed by atoms with Crippen LogP contribution in [0.15, 0.2) is 12.5 Å². The number of nitriles is 1. The van der Waals surface area contributed by atoms with E-state index in [2.05, 4.69) is 29.5 Å². The first-order valence-electron chi connectivity index (χ1n) is 5.97. The summed E-state index contributed by atoms with van der Waals surface area (Å²) in [5.41, 5.74) is 0.906. The second-order valence-corrected chi connectivity index (χ2v) is 4.50. The summed E-state index contributed by atoms with van der Waals surface area (Å²) in [6.07, 6.45) is 3.46. The zero-order valence-corrected chi connectivity index (χ0v) is 10.8. The molecule has 0 aliphatic rings. The number of rotatable bonds is 7. The number of hydrogen-bond donors (Lipinski definition) is 2. The average molecular weight is 249 g/mol. The van der Waals surface area contributed by atoms with Gasteiger partial charge in [-0.1, -0.05) is 13.8 Å². The van der Waals surface area contributed by atoms with Crippen LogP contribution >= 0.6 is 0 Å². The zero-order chi connectivity index (χ0) is 13.4. The third-order valence-electron chi connectivity index (χ3n) is 2.24. The van der Waals surface area contributed by atoms with Gasteiger partial charge < -0.3 is 15.2 Å². The van der Waals surface area contributed by atoms with Gasteiger partial charge in [-0.25, -0.2) is 4.98 Å². The van der Waals surface area contributed by atoms with E-state index in [1.54, 1.807) is 10.9 Å². The topological polar surface area (TPSA) is 82.7 Å². The van der Waals surface area contributed by atoms with Crippen LogP contribution in [0.25, 0.3) is 0 Å². The Morgan fingerprint density at radius 1 is 1.61 bits per heavy atom. The Morgan fingerprint density at radius 2 is 2.39 bits per heavy atom. The Hall–Kier alpha value is -1.87. The maximum atomic E-state index is 11.4. The number of carbonyl (C=O) groups excluding carboxylic acids is 1. The van der Waals surface area contributed by atoms with E-state index in [4.69, 9.17) is 5.26 Å². The molecule has 1 aromatic heterocycles. The maximum Gasteiger partial charge on any atom is 0.240 e. The first-order chi connectivity index (χ1) is 8.61. The van der Waals surface area contributed by atoms with E-state index < -0.39 is 0 Å². The molecule has 6 nitrogen and oxygen atoms in total. The molecule has 0 radical (unpaired) electrons. The SMILES string of the molecule is CC(C)CNCc1cn(CC(=O)NCC#N)cn1. The Kier molecular flexibility index (Phi) is 5.88. The van der Waals surface area contributed by atoms with E-state index in [0.29, 0.717) is 12.5 Å². The molecule has 0 unspecified atom stereocenters. The van der Waals surface area contributed by atoms with Crippen LogP contribution in [-0.2, 0) is 17.9 Å². The molecule has 1 aromatic rings. The van der Waals surface area contributed by atoms with E-state index in [-0.39, 0.29) is 19.0 Å². The molecule has 0 aromatic carbocycles. The number of carbonyl (C=O) groups is 1. The van der Waals surface area contributed by atoms with Crippen LogP contribution in [0.5, 0.6) is 0 Å². The van der Waals surface area contributed by atoms with E-state index in [1.165, 1.54) is 0 Å². The van der Waals surface area contributed by atoms with Crippen molar-refractivity contribution in [1.29, 1.82) is 5.26 Å². The number of hydrogen-bond acceptors (Lipinski definition) is 4. The van der Waals surface area contributed by atoms with Gasteiger partial charge in [0.2, 0.25) is 5.91 Å². The normalized spacial score (nSPS) is 10.3. The van der Waals surface area contributed by atoms with Crippen molar-refractivity contribution >= 4 is 5.91 Å². The Morgan fingerprint density at radius 3 is 3.06 bits per heavy atom. The molecule has 0 atom stereocenters. The van der Waals surface area contributed by atoms with Crippen molar-refractivity contribution in [2.75, 3.05) is 13.1 Å². The fourth-order valence-electron chi connectivity index (χ4n) is 1.43. The molecule has 0 aliphatic carbocycles. The molecule has 2 N–H and O–H groups in total. The van der Waals surface area contributed by atoms with Gasteiger partial charge in [0, 0.05) is 12.7 Å². The van der Waals surface area contributed by atoms with Crippen LogP contribution < -0.4 is 10.6 Å². The highest BCUT2D eigenvalue weighted by Crippen LogP contribution is 1.97. The van der Waals surface area contributed by atoms with Crippen molar-refractivity contribution < 1.29 is 4.79 Å². The Balaban J connectivity index is 2.34. The lowest BCUT2D eigenvalue weighted by molar-refractivity contribution is -0.121. The molecule has 0 fully saturated rings. The van der Waals surface area contributed by atoms with Gasteiger partial charge in [-0.05, 0) is 12.5 Å². The lowest BCUT2D eigenvalue weighted by Crippen LogP contribution is -2.27. The summed E-state index contributed by atoms with van der Waals surface area (Å²) in [5.74, 6) is 0.416. The fraction of sp³-hybridized carbons (Fsp3) is 0.583. The standard InChI is InChI=1S/C12H19N5O/c1-10(2)5-14-6-11-7-17(9-16-11)8-12(18)15-4-3-13/h7,9-10,14H,4-6,8H2,1-2H3,(H,15,18). The highest BCUT2D eigenvalue weighted by atomic mass is 16.1. The summed E-state index contributed by atoms with van der Waals surface area (Å²) in [6.45, 7) is 6.16. The summed E-state index contributed by atoms with van der Waals surface area (Å²) >= 11 is 0. The van der Waals surface area contributed by atoms with Crippen molar-refractivity contribution in [2.24, 2.45) is 5.92 Å². The molecule has 0 spiro atoms. The van der Waals surface area contributed by atoms with Crippen LogP contribution in [0.3, 0.4) is 0 Å². The molecule has 98 valence electrons. The quantitative estimate of drug-likeness (QED) is 0.679. The third kappa shape index (κ3) is 5.46. The Bertz CT molecular complexity index is 418. The van der Waals surface area contributed by atoms with Crippen LogP contribution in [-0.4, -0.2) is 28.5 Å². The Labute approximate surface area is 107 Å². The summed E-state index contributed by atoms with van der Waals surface area (Å²) in [7, 11) is 0. The highest BCUT2D eigenvalue weighted by molar-refractivity contribution is 5.75. The number of amides is 1. The average Bonchev–Trinajstić information content (AvgIpc) is 2.73. The van der Waals surface area contributed by atoms with E-state index >= 15 is 0 Å². The smallest absolute Gasteiger partial charge is 0.240 e. The van der Waals surface area contributed by atoms with Crippen molar-refractivity contribution in [3.8, 4) is 6.07 Å². The van der Waals surface area contributed by atoms with Gasteiger partial charge >= 0.3 is 0 Å². The molecule has 0 bridgehead atoms. The second-order valence-electron chi connectivity index (χ2n) is 4.50. The van der Waals surface area contributed by atoms with Crippen molar-refractivity contribution in [3.05, 3.63) is 18.2 Å². The molecule has 18 heavy (non-hydrogen) atoms. The molecule has 1 rings (SSSR count). The summed E-state index contributed by atoms with van der Waals surface area (Å²) in [4.78, 5) is 15.6. The molecule has 0 aliphatic heterocycles. The van der Waals surface area contributed by atoms with Gasteiger partial charge in [-0.3, -0.25) is 4.79 Å². The molecule has 0 saturated carbocycles. The van der Waals surface area contributed by atoms with Crippen LogP contribution in [0, 0.1) is 17.2 Å². The van der Waals surface area contributed by atoms with Gasteiger partial charge in [0.15, 0.2) is 0 Å². The van der Waals surface area contributed by atoms with Gasteiger partial charge in [-0.2, -0.15) is 5.26 Å². The molecular formula is C12H19N5O. The fourth-order valence-corrected chi connectivity index (χ4v) is 1.43. The van der Waals surface area contributed by atoms with Crippen molar-refractivity contribution in [2.45, 2.75) is 26.9 Å². The molecule has 6 heteroatoms. The van der Waals surface area contributed by atoms with Gasteiger partial charge in [-0.15, -0.1) is 0 Å². The van der Waals surface area contributed by atoms with Gasteiger partial charge in [0.25, 0.3) is 0 Å². The van der Waals surface area contributed by atoms with E-state index in [1.807, 2.05) is 12.3 Å². The van der Waals surface area contributed by atoms with Crippen molar-refractivity contribution in [3.63, 3.8) is 0 Å². The van der Waals surface area contributed by atoms with Crippen LogP contribution in [0.2, 0.25) is 0 Å². The largest absolute Gasteiger partial charge is 0.341 e. The maximum absolute atomic E-state index is 11.4. The number of aromatic nitrogens is 2. The van der Waals surface area contributed by atoms with E-state index in [9.17, 15) is 4.79 Å². The zero-order valence-electron chi connectivity index (χ0n) is 10.8. The lowest BCUT2D eigenvalue weighted by Gasteiger charge is -2.05. The third-order valence-corrected chi connectivity index (χ3v) is 2.24. The van der Waals surface area contributed by atoms with Crippen molar-refractivity contribution in [1.82, 2.24) is 20.2 Å². The lowest BCUT2D eigenvalue weighted by atomic mass is 10.2. The second kappa shape index (κ2) is 7.45. The number of nitrogens with one attached hydrogen (secondary N) is 2. The van der Waals surface area contributed by atoms with Gasteiger partial charge in [0.05, 0.1) is 18.1 Å². The summed E-state index contributed by atoms with van der Waals surface area (Å²) in [5, 5.41) is 14.1. The minimum absolute atomic E-state index is 0.0380. The van der Waals surface area contributed by atoms with Gasteiger partial charge in [0.1, 0.15) is 13.1 Å². The minimum atomic E-state index is -0.185. The summed E-state index contributed by atoms with van der Waals surface area (Å²) < 4.78 is 1.71. The highest BCUT2D eigenvalue weighted by Gasteiger charge is 2.04. The predicted molar refractivity (Wildman–Crippen MR) is 67.4 cm³/mol. The molecule has 0 saturated heterocycles. The summed E-state index contributed by atoms with van der Waals surface area (Å²) in [6, 6.07) is 1.86. The van der Waals surface area contributed by atoms with E-state index in [0.717, 1.165) is 12.2 Å². The van der Waals surface area contributed by atoms with Crippen LogP contribution in [0.4, 0.5) is 0 Å². The number of nitrogens with zero attached hydrogens (tertiary/aromatic N) is 3.